The molecule has 36 heavy (non-hydrogen) atoms. The fourth-order valence-corrected chi connectivity index (χ4v) is 5.77. The van der Waals surface area contributed by atoms with E-state index < -0.39 is 22.2 Å². The molecule has 1 N–H and O–H groups in total. The third kappa shape index (κ3) is 6.44. The van der Waals surface area contributed by atoms with E-state index >= 15 is 0 Å². The molecule has 0 radical (unpaired) electrons. The molecule has 2 heterocycles. The number of hydrogen-bond donors (Lipinski definition) is 1. The van der Waals surface area contributed by atoms with Gasteiger partial charge in [0.15, 0.2) is 0 Å². The van der Waals surface area contributed by atoms with Gasteiger partial charge in [-0.15, -0.1) is 0 Å². The summed E-state index contributed by atoms with van der Waals surface area (Å²) in [5.41, 5.74) is 1.11. The maximum Gasteiger partial charge on any atom is 0.255 e. The lowest BCUT2D eigenvalue weighted by molar-refractivity contribution is 0.0563. The summed E-state index contributed by atoms with van der Waals surface area (Å²) >= 11 is 0. The van der Waals surface area contributed by atoms with Crippen molar-refractivity contribution in [1.29, 1.82) is 0 Å². The summed E-state index contributed by atoms with van der Waals surface area (Å²) in [7, 11) is -2.25. The average molecular weight is 514 g/mol. The quantitative estimate of drug-likeness (QED) is 0.596. The highest BCUT2D eigenvalue weighted by molar-refractivity contribution is 7.89. The summed E-state index contributed by atoms with van der Waals surface area (Å²) in [4.78, 5) is 18.5. The lowest BCUT2D eigenvalue weighted by Crippen LogP contribution is -2.50. The Hall–Kier alpha value is -2.93. The van der Waals surface area contributed by atoms with E-state index in [0.717, 1.165) is 6.42 Å². The first-order chi connectivity index (χ1) is 17.0. The van der Waals surface area contributed by atoms with Crippen molar-refractivity contribution >= 4 is 15.9 Å². The predicted octanol–water partition coefficient (Wildman–Crippen LogP) is 3.02. The van der Waals surface area contributed by atoms with E-state index in [0.29, 0.717) is 17.0 Å². The van der Waals surface area contributed by atoms with E-state index in [1.807, 2.05) is 6.92 Å². The smallest absolute Gasteiger partial charge is 0.255 e. The summed E-state index contributed by atoms with van der Waals surface area (Å²) in [6, 6.07) is 7.61. The number of aromatic nitrogens is 1. The standard InChI is InChI=1S/C27H35N3O5S/c1-19(2)8-6-9-22-11-12-26-24(14-22)35-25(17-29(5)27(32)23-10-7-13-28-15-23)20(3)16-30(21(4)18-31)36(26,33)34/h7,10-15,19-21,25,31H,8,16-18H2,1-5H3/t20-,21+,25-/m1/s1. The first kappa shape index (κ1) is 27.7. The largest absolute Gasteiger partial charge is 0.487 e. The Bertz CT molecular complexity index is 1220. The Balaban J connectivity index is 2.00. The van der Waals surface area contributed by atoms with Gasteiger partial charge in [0, 0.05) is 49.9 Å². The number of fused-ring (bicyclic) bond motifs is 1. The maximum absolute atomic E-state index is 13.6. The third-order valence-electron chi connectivity index (χ3n) is 6.12. The van der Waals surface area contributed by atoms with Gasteiger partial charge in [-0.1, -0.05) is 32.6 Å². The van der Waals surface area contributed by atoms with Gasteiger partial charge in [0.2, 0.25) is 10.0 Å². The van der Waals surface area contributed by atoms with Crippen molar-refractivity contribution < 1.29 is 23.1 Å². The fraction of sp³-hybridized carbons (Fsp3) is 0.481. The van der Waals surface area contributed by atoms with E-state index in [9.17, 15) is 18.3 Å². The predicted molar refractivity (Wildman–Crippen MR) is 138 cm³/mol. The zero-order chi connectivity index (χ0) is 26.5. The van der Waals surface area contributed by atoms with E-state index in [4.69, 9.17) is 4.74 Å². The van der Waals surface area contributed by atoms with Gasteiger partial charge in [-0.3, -0.25) is 9.78 Å². The SMILES string of the molecule is CC(C)CC#Cc1ccc2c(c1)O[C@H](CN(C)C(=O)c1cccnc1)[C@H](C)CN([C@@H](C)CO)S2(=O)=O. The van der Waals surface area contributed by atoms with Gasteiger partial charge in [-0.2, -0.15) is 4.31 Å². The van der Waals surface area contributed by atoms with Gasteiger partial charge in [0.1, 0.15) is 16.7 Å². The van der Waals surface area contributed by atoms with E-state index in [1.54, 1.807) is 49.3 Å². The number of pyridine rings is 1. The van der Waals surface area contributed by atoms with Crippen LogP contribution in [0.1, 0.15) is 50.0 Å². The van der Waals surface area contributed by atoms with Crippen molar-refractivity contribution in [3.63, 3.8) is 0 Å². The lowest BCUT2D eigenvalue weighted by atomic mass is 10.0. The Morgan fingerprint density at radius 2 is 2.06 bits per heavy atom. The number of sulfonamides is 1. The molecule has 0 aliphatic carbocycles. The van der Waals surface area contributed by atoms with Gasteiger partial charge in [0.25, 0.3) is 5.91 Å². The number of ether oxygens (including phenoxy) is 1. The number of hydrogen-bond acceptors (Lipinski definition) is 6. The van der Waals surface area contributed by atoms with Crippen molar-refractivity contribution in [3.05, 3.63) is 53.9 Å². The number of amides is 1. The molecule has 0 spiro atoms. The monoisotopic (exact) mass is 513 g/mol. The third-order valence-corrected chi connectivity index (χ3v) is 8.14. The van der Waals surface area contributed by atoms with Gasteiger partial charge < -0.3 is 14.7 Å². The Kier molecular flexibility index (Phi) is 9.12. The van der Waals surface area contributed by atoms with Crippen LogP contribution in [0.5, 0.6) is 5.75 Å². The summed E-state index contributed by atoms with van der Waals surface area (Å²) in [6.07, 6.45) is 3.33. The number of nitrogens with zero attached hydrogens (tertiary/aromatic N) is 3. The topological polar surface area (TPSA) is 100 Å². The maximum atomic E-state index is 13.6. The summed E-state index contributed by atoms with van der Waals surface area (Å²) in [5.74, 6) is 6.35. The molecule has 9 heteroatoms. The highest BCUT2D eigenvalue weighted by atomic mass is 32.2. The Labute approximate surface area is 214 Å². The highest BCUT2D eigenvalue weighted by Crippen LogP contribution is 2.34. The minimum atomic E-state index is -3.94. The van der Waals surface area contributed by atoms with Crippen LogP contribution in [-0.2, 0) is 10.0 Å². The van der Waals surface area contributed by atoms with E-state index in [1.165, 1.54) is 16.6 Å². The van der Waals surface area contributed by atoms with Gasteiger partial charge >= 0.3 is 0 Å². The van der Waals surface area contributed by atoms with Crippen LogP contribution in [0.2, 0.25) is 0 Å². The number of aliphatic hydroxyl groups excluding tert-OH is 1. The van der Waals surface area contributed by atoms with Crippen molar-refractivity contribution in [3.8, 4) is 17.6 Å². The second kappa shape index (κ2) is 11.9. The molecule has 8 nitrogen and oxygen atoms in total. The molecule has 0 saturated carbocycles. The molecule has 1 aromatic heterocycles. The van der Waals surface area contributed by atoms with Crippen LogP contribution in [0.3, 0.4) is 0 Å². The molecule has 2 aromatic rings. The van der Waals surface area contributed by atoms with Gasteiger partial charge in [-0.25, -0.2) is 8.42 Å². The fourth-order valence-electron chi connectivity index (χ4n) is 3.94. The first-order valence-corrected chi connectivity index (χ1v) is 13.6. The molecule has 0 bridgehead atoms. The van der Waals surface area contributed by atoms with Crippen molar-refractivity contribution in [1.82, 2.24) is 14.2 Å². The molecule has 194 valence electrons. The number of benzene rings is 1. The highest BCUT2D eigenvalue weighted by Gasteiger charge is 2.38. The molecular formula is C27H35N3O5S. The van der Waals surface area contributed by atoms with E-state index in [2.05, 4.69) is 30.7 Å². The second-order valence-electron chi connectivity index (χ2n) is 9.73. The van der Waals surface area contributed by atoms with Crippen molar-refractivity contribution in [2.24, 2.45) is 11.8 Å². The minimum Gasteiger partial charge on any atom is -0.487 e. The minimum absolute atomic E-state index is 0.0235. The Morgan fingerprint density at radius 3 is 2.69 bits per heavy atom. The van der Waals surface area contributed by atoms with Crippen LogP contribution >= 0.6 is 0 Å². The van der Waals surface area contributed by atoms with Crippen LogP contribution < -0.4 is 4.74 Å². The summed E-state index contributed by atoms with van der Waals surface area (Å²) in [5, 5.41) is 9.80. The van der Waals surface area contributed by atoms with Crippen LogP contribution in [0.15, 0.2) is 47.6 Å². The van der Waals surface area contributed by atoms with Crippen molar-refractivity contribution in [2.45, 2.75) is 51.2 Å². The average Bonchev–Trinajstić information content (AvgIpc) is 2.85. The number of aliphatic hydroxyl groups is 1. The van der Waals surface area contributed by atoms with Gasteiger partial charge in [0.05, 0.1) is 18.7 Å². The Morgan fingerprint density at radius 1 is 1.31 bits per heavy atom. The molecular weight excluding hydrogens is 478 g/mol. The molecule has 3 atom stereocenters. The number of carbonyl (C=O) groups is 1. The number of carbonyl (C=O) groups excluding carboxylic acids is 1. The molecule has 1 aliphatic heterocycles. The molecule has 0 saturated heterocycles. The molecule has 0 unspecified atom stereocenters. The van der Waals surface area contributed by atoms with Crippen LogP contribution in [0.25, 0.3) is 0 Å². The summed E-state index contributed by atoms with van der Waals surface area (Å²) < 4.78 is 34.8. The molecule has 0 fully saturated rings. The normalized spacial score (nSPS) is 20.2. The van der Waals surface area contributed by atoms with Crippen LogP contribution in [-0.4, -0.2) is 72.5 Å². The van der Waals surface area contributed by atoms with E-state index in [-0.39, 0.29) is 42.2 Å². The summed E-state index contributed by atoms with van der Waals surface area (Å²) in [6.45, 7) is 7.78. The van der Waals surface area contributed by atoms with Crippen LogP contribution in [0.4, 0.5) is 0 Å². The molecule has 1 aromatic carbocycles. The number of rotatable bonds is 6. The van der Waals surface area contributed by atoms with Gasteiger partial charge in [-0.05, 0) is 43.2 Å². The zero-order valence-corrected chi connectivity index (χ0v) is 22.3. The van der Waals surface area contributed by atoms with Crippen LogP contribution in [0, 0.1) is 23.7 Å². The second-order valence-corrected chi connectivity index (χ2v) is 11.6. The lowest BCUT2D eigenvalue weighted by Gasteiger charge is -2.37. The molecule has 1 amide bonds. The zero-order valence-electron chi connectivity index (χ0n) is 21.5. The van der Waals surface area contributed by atoms with Crippen molar-refractivity contribution in [2.75, 3.05) is 26.7 Å². The molecule has 3 rings (SSSR count). The first-order valence-electron chi connectivity index (χ1n) is 12.1. The number of likely N-dealkylation sites (N-methyl/N-ethyl adjacent to an activating group) is 1. The molecule has 1 aliphatic rings.